The third-order valence-electron chi connectivity index (χ3n) is 7.32. The molecule has 3 N–H and O–H groups in total. The molecule has 36 heavy (non-hydrogen) atoms. The SMILES string of the molecule is CC1(NC(=O)O[C@@H]2CC[C@H](c3cc(NC(=O)Cc4ccc(N5CCCC5=O)cc4C#N)n[nH]3)C2)CC1. The molecule has 0 bridgehead atoms. The van der Waals surface area contributed by atoms with Crippen molar-refractivity contribution in [1.29, 1.82) is 5.26 Å². The maximum atomic E-state index is 12.7. The van der Waals surface area contributed by atoms with Gasteiger partial charge in [-0.2, -0.15) is 10.4 Å². The van der Waals surface area contributed by atoms with Crippen molar-refractivity contribution < 1.29 is 19.1 Å². The van der Waals surface area contributed by atoms with Crippen LogP contribution in [0, 0.1) is 11.3 Å². The number of hydrogen-bond acceptors (Lipinski definition) is 6. The van der Waals surface area contributed by atoms with E-state index in [0.717, 1.165) is 37.8 Å². The van der Waals surface area contributed by atoms with E-state index >= 15 is 0 Å². The first-order valence-corrected chi connectivity index (χ1v) is 12.5. The molecule has 10 nitrogen and oxygen atoms in total. The quantitative estimate of drug-likeness (QED) is 0.543. The molecule has 0 spiro atoms. The number of anilines is 2. The normalized spacial score (nSPS) is 22.2. The minimum Gasteiger partial charge on any atom is -0.446 e. The second-order valence-electron chi connectivity index (χ2n) is 10.3. The molecule has 2 aliphatic carbocycles. The first kappa shape index (κ1) is 23.9. The lowest BCUT2D eigenvalue weighted by atomic mass is 10.0. The van der Waals surface area contributed by atoms with E-state index < -0.39 is 0 Å². The molecular weight excluding hydrogens is 460 g/mol. The highest BCUT2D eigenvalue weighted by Gasteiger charge is 2.40. The zero-order valence-electron chi connectivity index (χ0n) is 20.3. The van der Waals surface area contributed by atoms with Gasteiger partial charge in [-0.05, 0) is 63.1 Å². The molecule has 2 aromatic rings. The maximum Gasteiger partial charge on any atom is 0.407 e. The molecule has 2 heterocycles. The average molecular weight is 491 g/mol. The second-order valence-corrected chi connectivity index (χ2v) is 10.3. The fourth-order valence-corrected chi connectivity index (χ4v) is 4.95. The summed E-state index contributed by atoms with van der Waals surface area (Å²) in [4.78, 5) is 38.4. The van der Waals surface area contributed by atoms with Crippen LogP contribution >= 0.6 is 0 Å². The summed E-state index contributed by atoms with van der Waals surface area (Å²) in [6.45, 7) is 2.66. The summed E-state index contributed by atoms with van der Waals surface area (Å²) >= 11 is 0. The highest BCUT2D eigenvalue weighted by Crippen LogP contribution is 2.37. The van der Waals surface area contributed by atoms with Crippen molar-refractivity contribution in [3.05, 3.63) is 41.1 Å². The zero-order valence-corrected chi connectivity index (χ0v) is 20.3. The number of H-pyrrole nitrogens is 1. The number of aromatic nitrogens is 2. The van der Waals surface area contributed by atoms with Gasteiger partial charge in [0.2, 0.25) is 11.8 Å². The predicted octanol–water partition coefficient (Wildman–Crippen LogP) is 3.50. The molecule has 3 amide bonds. The van der Waals surface area contributed by atoms with Crippen LogP contribution in [0.3, 0.4) is 0 Å². The number of aromatic amines is 1. The fraction of sp³-hybridized carbons (Fsp3) is 0.500. The molecule has 1 aliphatic heterocycles. The van der Waals surface area contributed by atoms with E-state index in [1.54, 1.807) is 23.1 Å². The number of nitrogens with one attached hydrogen (secondary N) is 3. The molecule has 3 aliphatic rings. The Balaban J connectivity index is 1.14. The van der Waals surface area contributed by atoms with Crippen LogP contribution in [0.25, 0.3) is 0 Å². The van der Waals surface area contributed by atoms with Crippen molar-refractivity contribution >= 4 is 29.4 Å². The van der Waals surface area contributed by atoms with Gasteiger partial charge in [0.1, 0.15) is 6.10 Å². The molecule has 3 fully saturated rings. The number of ether oxygens (including phenoxy) is 1. The topological polar surface area (TPSA) is 140 Å². The molecule has 188 valence electrons. The van der Waals surface area contributed by atoms with Crippen LogP contribution in [0.1, 0.15) is 74.6 Å². The average Bonchev–Trinajstić information content (AvgIpc) is 3.25. The summed E-state index contributed by atoms with van der Waals surface area (Å²) in [5, 5.41) is 22.5. The number of nitrogens with zero attached hydrogens (tertiary/aromatic N) is 3. The fourth-order valence-electron chi connectivity index (χ4n) is 4.95. The Bertz CT molecular complexity index is 1230. The van der Waals surface area contributed by atoms with Gasteiger partial charge in [0, 0.05) is 41.9 Å². The van der Waals surface area contributed by atoms with Gasteiger partial charge in [-0.1, -0.05) is 6.07 Å². The number of rotatable bonds is 7. The van der Waals surface area contributed by atoms with Crippen LogP contribution in [0.5, 0.6) is 0 Å². The van der Waals surface area contributed by atoms with Gasteiger partial charge in [-0.3, -0.25) is 14.7 Å². The van der Waals surface area contributed by atoms with Crippen molar-refractivity contribution in [2.24, 2.45) is 0 Å². The lowest BCUT2D eigenvalue weighted by molar-refractivity contribution is -0.117. The number of benzene rings is 1. The lowest BCUT2D eigenvalue weighted by Crippen LogP contribution is -2.36. The molecule has 2 atom stereocenters. The Morgan fingerprint density at radius 2 is 2.14 bits per heavy atom. The first-order valence-electron chi connectivity index (χ1n) is 12.5. The van der Waals surface area contributed by atoms with Crippen LogP contribution in [-0.2, 0) is 20.7 Å². The van der Waals surface area contributed by atoms with Gasteiger partial charge in [0.15, 0.2) is 5.82 Å². The third kappa shape index (κ3) is 5.35. The van der Waals surface area contributed by atoms with Crippen LogP contribution in [0.4, 0.5) is 16.3 Å². The summed E-state index contributed by atoms with van der Waals surface area (Å²) in [6.07, 6.45) is 5.18. The Labute approximate surface area is 209 Å². The van der Waals surface area contributed by atoms with E-state index in [1.165, 1.54) is 0 Å². The maximum absolute atomic E-state index is 12.7. The smallest absolute Gasteiger partial charge is 0.407 e. The first-order chi connectivity index (χ1) is 17.3. The van der Waals surface area contributed by atoms with E-state index in [-0.39, 0.29) is 41.9 Å². The predicted molar refractivity (Wildman–Crippen MR) is 131 cm³/mol. The van der Waals surface area contributed by atoms with Gasteiger partial charge in [0.05, 0.1) is 18.1 Å². The molecule has 0 radical (unpaired) electrons. The van der Waals surface area contributed by atoms with Crippen molar-refractivity contribution in [3.8, 4) is 6.07 Å². The van der Waals surface area contributed by atoms with Gasteiger partial charge < -0.3 is 20.3 Å². The summed E-state index contributed by atoms with van der Waals surface area (Å²) in [7, 11) is 0. The van der Waals surface area contributed by atoms with Crippen molar-refractivity contribution in [2.45, 2.75) is 75.9 Å². The minimum absolute atomic E-state index is 0.0205. The van der Waals surface area contributed by atoms with Gasteiger partial charge in [0.25, 0.3) is 0 Å². The molecule has 2 saturated carbocycles. The van der Waals surface area contributed by atoms with Gasteiger partial charge >= 0.3 is 6.09 Å². The monoisotopic (exact) mass is 490 g/mol. The van der Waals surface area contributed by atoms with Gasteiger partial charge in [-0.15, -0.1) is 0 Å². The number of nitriles is 1. The van der Waals surface area contributed by atoms with E-state index in [9.17, 15) is 19.6 Å². The summed E-state index contributed by atoms with van der Waals surface area (Å²) in [5.74, 6) is 0.349. The highest BCUT2D eigenvalue weighted by molar-refractivity contribution is 5.96. The van der Waals surface area contributed by atoms with E-state index in [1.807, 2.05) is 13.0 Å². The summed E-state index contributed by atoms with van der Waals surface area (Å²) < 4.78 is 5.58. The number of alkyl carbamates (subject to hydrolysis) is 1. The van der Waals surface area contributed by atoms with Crippen LogP contribution in [0.2, 0.25) is 0 Å². The lowest BCUT2D eigenvalue weighted by Gasteiger charge is -2.16. The molecule has 5 rings (SSSR count). The number of carbonyl (C=O) groups excluding carboxylic acids is 3. The standard InChI is InChI=1S/C26H30N6O4/c1-26(8-9-26)29-25(35)36-20-7-5-17(12-20)21-14-22(31-30-21)28-23(33)13-16-4-6-19(11-18(16)15-27)32-10-2-3-24(32)34/h4,6,11,14,17,20H,2-3,5,7-10,12-13H2,1H3,(H,29,35)(H2,28,30,31,33)/t17-,20+/m0/s1. The third-order valence-corrected chi connectivity index (χ3v) is 7.32. The second kappa shape index (κ2) is 9.64. The van der Waals surface area contributed by atoms with Crippen molar-refractivity contribution in [1.82, 2.24) is 15.5 Å². The summed E-state index contributed by atoms with van der Waals surface area (Å²) in [5.41, 5.74) is 2.45. The van der Waals surface area contributed by atoms with Crippen LogP contribution in [-0.4, -0.2) is 46.3 Å². The molecule has 1 aromatic heterocycles. The largest absolute Gasteiger partial charge is 0.446 e. The minimum atomic E-state index is -0.352. The summed E-state index contributed by atoms with van der Waals surface area (Å²) in [6, 6.07) is 9.13. The Hall–Kier alpha value is -3.87. The van der Waals surface area contributed by atoms with Crippen molar-refractivity contribution in [2.75, 3.05) is 16.8 Å². The van der Waals surface area contributed by atoms with Gasteiger partial charge in [-0.25, -0.2) is 4.79 Å². The van der Waals surface area contributed by atoms with E-state index in [4.69, 9.17) is 4.74 Å². The molecular formula is C26H30N6O4. The molecule has 0 unspecified atom stereocenters. The van der Waals surface area contributed by atoms with Crippen molar-refractivity contribution in [3.63, 3.8) is 0 Å². The number of hydrogen-bond donors (Lipinski definition) is 3. The number of carbonyl (C=O) groups is 3. The zero-order chi connectivity index (χ0) is 25.3. The Morgan fingerprint density at radius 1 is 1.31 bits per heavy atom. The highest BCUT2D eigenvalue weighted by atomic mass is 16.6. The molecule has 1 aromatic carbocycles. The number of amides is 3. The van der Waals surface area contributed by atoms with Crippen LogP contribution in [0.15, 0.2) is 24.3 Å². The van der Waals surface area contributed by atoms with E-state index in [0.29, 0.717) is 42.0 Å². The van der Waals surface area contributed by atoms with Crippen LogP contribution < -0.4 is 15.5 Å². The Kier molecular flexibility index (Phi) is 6.39. The molecule has 1 saturated heterocycles. The molecule has 10 heteroatoms. The van der Waals surface area contributed by atoms with E-state index in [2.05, 4.69) is 26.9 Å². The Morgan fingerprint density at radius 3 is 2.86 bits per heavy atom.